The second kappa shape index (κ2) is 8.76. The Labute approximate surface area is 146 Å². The molecule has 2 aromatic carbocycles. The molecule has 124 valence electrons. The number of nitrogens with one attached hydrogen (secondary N) is 2. The molecule has 0 fully saturated rings. The monoisotopic (exact) mass is 332 g/mol. The predicted molar refractivity (Wildman–Crippen MR) is 94.9 cm³/mol. The lowest BCUT2D eigenvalue weighted by Gasteiger charge is -2.11. The van der Waals surface area contributed by atoms with E-state index in [0.717, 1.165) is 0 Å². The molecule has 1 amide bonds. The molecular formula is C19H16N4O2. The maximum Gasteiger partial charge on any atom is 0.257 e. The van der Waals surface area contributed by atoms with Crippen molar-refractivity contribution in [3.63, 3.8) is 0 Å². The third kappa shape index (κ3) is 4.85. The largest absolute Gasteiger partial charge is 0.494 e. The summed E-state index contributed by atoms with van der Waals surface area (Å²) in [6, 6.07) is 17.4. The first-order chi connectivity index (χ1) is 12.2. The van der Waals surface area contributed by atoms with Crippen LogP contribution in [-0.4, -0.2) is 12.5 Å². The van der Waals surface area contributed by atoms with E-state index in [1.165, 1.54) is 6.20 Å². The zero-order valence-electron chi connectivity index (χ0n) is 13.6. The fourth-order valence-corrected chi connectivity index (χ4v) is 2.08. The molecule has 0 radical (unpaired) electrons. The Morgan fingerprint density at radius 3 is 2.64 bits per heavy atom. The second-order valence-electron chi connectivity index (χ2n) is 4.89. The van der Waals surface area contributed by atoms with E-state index < -0.39 is 0 Å². The molecule has 2 aromatic rings. The van der Waals surface area contributed by atoms with Crippen LogP contribution in [0.3, 0.4) is 0 Å². The lowest BCUT2D eigenvalue weighted by Crippen LogP contribution is -2.13. The van der Waals surface area contributed by atoms with Crippen molar-refractivity contribution < 1.29 is 9.53 Å². The van der Waals surface area contributed by atoms with Crippen LogP contribution in [0.2, 0.25) is 0 Å². The molecule has 6 nitrogen and oxygen atoms in total. The number of allylic oxidation sites excluding steroid dienone is 1. The minimum absolute atomic E-state index is 0.0837. The minimum atomic E-state index is -0.319. The van der Waals surface area contributed by atoms with Crippen LogP contribution in [0.5, 0.6) is 5.75 Å². The summed E-state index contributed by atoms with van der Waals surface area (Å²) in [6.45, 7) is 2.42. The van der Waals surface area contributed by atoms with E-state index in [9.17, 15) is 4.79 Å². The minimum Gasteiger partial charge on any atom is -0.494 e. The van der Waals surface area contributed by atoms with Gasteiger partial charge in [0.05, 0.1) is 17.9 Å². The molecule has 6 heteroatoms. The lowest BCUT2D eigenvalue weighted by atomic mass is 10.1. The van der Waals surface area contributed by atoms with E-state index in [4.69, 9.17) is 15.3 Å². The van der Waals surface area contributed by atoms with Gasteiger partial charge >= 0.3 is 0 Å². The maximum absolute atomic E-state index is 12.5. The highest BCUT2D eigenvalue weighted by Crippen LogP contribution is 2.21. The topological polar surface area (TPSA) is 97.9 Å². The van der Waals surface area contributed by atoms with Gasteiger partial charge in [-0.1, -0.05) is 18.2 Å². The highest BCUT2D eigenvalue weighted by Gasteiger charge is 2.11. The standard InChI is InChI=1S/C19H16N4O2/c1-2-25-16-7-5-6-15(10-16)23-19(24)17-8-3-4-9-18(17)22-13-14(11-20)12-21/h3-10,13,22H,2H2,1H3,(H,23,24). The Bertz CT molecular complexity index is 859. The second-order valence-corrected chi connectivity index (χ2v) is 4.89. The maximum atomic E-state index is 12.5. The molecule has 0 atom stereocenters. The van der Waals surface area contributed by atoms with Crippen molar-refractivity contribution in [1.29, 1.82) is 10.5 Å². The average molecular weight is 332 g/mol. The summed E-state index contributed by atoms with van der Waals surface area (Å²) in [5, 5.41) is 23.2. The van der Waals surface area contributed by atoms with Crippen LogP contribution in [0.25, 0.3) is 0 Å². The first kappa shape index (κ1) is 17.6. The Balaban J connectivity index is 2.20. The summed E-state index contributed by atoms with van der Waals surface area (Å²) in [5.41, 5.74) is 1.40. The number of carbonyl (C=O) groups is 1. The fourth-order valence-electron chi connectivity index (χ4n) is 2.08. The van der Waals surface area contributed by atoms with Crippen molar-refractivity contribution in [3.05, 3.63) is 65.9 Å². The molecule has 2 N–H and O–H groups in total. The number of anilines is 2. The van der Waals surface area contributed by atoms with Gasteiger partial charge in [0.15, 0.2) is 0 Å². The molecule has 0 aliphatic rings. The quantitative estimate of drug-likeness (QED) is 0.786. The number of ether oxygens (including phenoxy) is 1. The van der Waals surface area contributed by atoms with Crippen molar-refractivity contribution in [2.24, 2.45) is 0 Å². The van der Waals surface area contributed by atoms with Crippen molar-refractivity contribution in [2.75, 3.05) is 17.2 Å². The van der Waals surface area contributed by atoms with Gasteiger partial charge < -0.3 is 15.4 Å². The summed E-state index contributed by atoms with van der Waals surface area (Å²) in [7, 11) is 0. The molecule has 0 aliphatic heterocycles. The number of hydrogen-bond donors (Lipinski definition) is 2. The van der Waals surface area contributed by atoms with Crippen LogP contribution in [0, 0.1) is 22.7 Å². The smallest absolute Gasteiger partial charge is 0.257 e. The normalized spacial score (nSPS) is 9.24. The molecule has 25 heavy (non-hydrogen) atoms. The number of para-hydroxylation sites is 1. The predicted octanol–water partition coefficient (Wildman–Crippen LogP) is 3.68. The molecule has 0 bridgehead atoms. The third-order valence-corrected chi connectivity index (χ3v) is 3.19. The fraction of sp³-hybridized carbons (Fsp3) is 0.105. The van der Waals surface area contributed by atoms with E-state index in [2.05, 4.69) is 10.6 Å². The summed E-state index contributed by atoms with van der Waals surface area (Å²) < 4.78 is 5.41. The van der Waals surface area contributed by atoms with Crippen molar-refractivity contribution >= 4 is 17.3 Å². The van der Waals surface area contributed by atoms with E-state index in [1.807, 2.05) is 13.0 Å². The number of benzene rings is 2. The van der Waals surface area contributed by atoms with E-state index >= 15 is 0 Å². The summed E-state index contributed by atoms with van der Waals surface area (Å²) in [6.07, 6.45) is 1.27. The van der Waals surface area contributed by atoms with Gasteiger partial charge in [0.25, 0.3) is 5.91 Å². The zero-order valence-corrected chi connectivity index (χ0v) is 13.6. The summed E-state index contributed by atoms with van der Waals surface area (Å²) >= 11 is 0. The summed E-state index contributed by atoms with van der Waals surface area (Å²) in [4.78, 5) is 12.5. The third-order valence-electron chi connectivity index (χ3n) is 3.19. The SMILES string of the molecule is CCOc1cccc(NC(=O)c2ccccc2NC=C(C#N)C#N)c1. The van der Waals surface area contributed by atoms with Crippen LogP contribution in [0.4, 0.5) is 11.4 Å². The Hall–Kier alpha value is -3.77. The molecule has 0 unspecified atom stereocenters. The number of amides is 1. The lowest BCUT2D eigenvalue weighted by molar-refractivity contribution is 0.102. The number of carbonyl (C=O) groups excluding carboxylic acids is 1. The number of hydrogen-bond acceptors (Lipinski definition) is 5. The average Bonchev–Trinajstić information content (AvgIpc) is 2.63. The van der Waals surface area contributed by atoms with Gasteiger partial charge in [0.1, 0.15) is 23.5 Å². The molecular weight excluding hydrogens is 316 g/mol. The van der Waals surface area contributed by atoms with E-state index in [1.54, 1.807) is 54.6 Å². The molecule has 0 heterocycles. The Morgan fingerprint density at radius 2 is 1.92 bits per heavy atom. The van der Waals surface area contributed by atoms with Gasteiger partial charge in [0.2, 0.25) is 0 Å². The first-order valence-corrected chi connectivity index (χ1v) is 7.58. The van der Waals surface area contributed by atoms with Crippen molar-refractivity contribution in [2.45, 2.75) is 6.92 Å². The number of rotatable bonds is 6. The van der Waals surface area contributed by atoms with Crippen molar-refractivity contribution in [3.8, 4) is 17.9 Å². The van der Waals surface area contributed by atoms with E-state index in [0.29, 0.717) is 29.3 Å². The molecule has 0 spiro atoms. The molecule has 0 saturated carbocycles. The van der Waals surface area contributed by atoms with Crippen LogP contribution in [-0.2, 0) is 0 Å². The first-order valence-electron chi connectivity index (χ1n) is 7.58. The summed E-state index contributed by atoms with van der Waals surface area (Å²) in [5.74, 6) is 0.350. The highest BCUT2D eigenvalue weighted by molar-refractivity contribution is 6.08. The van der Waals surface area contributed by atoms with Gasteiger partial charge in [-0.15, -0.1) is 0 Å². The van der Waals surface area contributed by atoms with Gasteiger partial charge in [-0.05, 0) is 31.2 Å². The zero-order chi connectivity index (χ0) is 18.1. The van der Waals surface area contributed by atoms with E-state index in [-0.39, 0.29) is 11.5 Å². The molecule has 0 aromatic heterocycles. The van der Waals surface area contributed by atoms with Crippen molar-refractivity contribution in [1.82, 2.24) is 0 Å². The van der Waals surface area contributed by atoms with Gasteiger partial charge in [-0.25, -0.2) is 0 Å². The molecule has 0 aliphatic carbocycles. The van der Waals surface area contributed by atoms with Gasteiger partial charge in [0, 0.05) is 18.0 Å². The van der Waals surface area contributed by atoms with Crippen LogP contribution in [0.15, 0.2) is 60.3 Å². The van der Waals surface area contributed by atoms with Gasteiger partial charge in [-0.2, -0.15) is 10.5 Å². The number of nitriles is 2. The molecule has 0 saturated heterocycles. The number of nitrogens with zero attached hydrogens (tertiary/aromatic N) is 2. The van der Waals surface area contributed by atoms with Crippen LogP contribution < -0.4 is 15.4 Å². The highest BCUT2D eigenvalue weighted by atomic mass is 16.5. The van der Waals surface area contributed by atoms with Crippen LogP contribution >= 0.6 is 0 Å². The Kier molecular flexibility index (Phi) is 6.16. The Morgan fingerprint density at radius 1 is 1.16 bits per heavy atom. The van der Waals surface area contributed by atoms with Crippen LogP contribution in [0.1, 0.15) is 17.3 Å². The van der Waals surface area contributed by atoms with Gasteiger partial charge in [-0.3, -0.25) is 4.79 Å². The molecule has 2 rings (SSSR count).